The number of nitrogens with zero attached hydrogens (tertiary/aromatic N) is 3. The van der Waals surface area contributed by atoms with E-state index in [1.807, 2.05) is 0 Å². The van der Waals surface area contributed by atoms with Crippen molar-refractivity contribution in [2.75, 3.05) is 26.2 Å². The molecule has 0 amide bonds. The molecule has 0 spiro atoms. The van der Waals surface area contributed by atoms with Crippen LogP contribution in [-0.4, -0.2) is 42.0 Å². The van der Waals surface area contributed by atoms with Crippen molar-refractivity contribution in [3.63, 3.8) is 0 Å². The minimum atomic E-state index is 0. The Hall–Kier alpha value is -0.370. The van der Waals surface area contributed by atoms with Crippen LogP contribution in [0, 0.1) is 12.8 Å². The molecule has 120 valence electrons. The molecular formula is C15H27IN4S. The topological polar surface area (TPSA) is 40.5 Å². The number of aromatic nitrogens is 1. The summed E-state index contributed by atoms with van der Waals surface area (Å²) in [6.07, 6.45) is 3.55. The lowest BCUT2D eigenvalue weighted by molar-refractivity contribution is 0.266. The highest BCUT2D eigenvalue weighted by Gasteiger charge is 2.18. The van der Waals surface area contributed by atoms with Crippen molar-refractivity contribution in [3.8, 4) is 0 Å². The molecule has 1 aromatic heterocycles. The highest BCUT2D eigenvalue weighted by atomic mass is 127. The fourth-order valence-electron chi connectivity index (χ4n) is 2.61. The van der Waals surface area contributed by atoms with Gasteiger partial charge in [-0.1, -0.05) is 6.92 Å². The Morgan fingerprint density at radius 1 is 1.57 bits per heavy atom. The number of hydrogen-bond donors (Lipinski definition) is 1. The molecule has 2 rings (SSSR count). The van der Waals surface area contributed by atoms with Gasteiger partial charge >= 0.3 is 0 Å². The van der Waals surface area contributed by atoms with Crippen LogP contribution in [0.5, 0.6) is 0 Å². The third kappa shape index (κ3) is 6.10. The van der Waals surface area contributed by atoms with Crippen molar-refractivity contribution in [2.24, 2.45) is 10.9 Å². The van der Waals surface area contributed by atoms with Gasteiger partial charge in [0.1, 0.15) is 0 Å². The van der Waals surface area contributed by atoms with Crippen LogP contribution in [-0.2, 0) is 6.42 Å². The Balaban J connectivity index is 0.00000220. The maximum atomic E-state index is 4.77. The first-order valence-electron chi connectivity index (χ1n) is 7.63. The molecule has 4 nitrogen and oxygen atoms in total. The smallest absolute Gasteiger partial charge is 0.193 e. The maximum absolute atomic E-state index is 4.77. The first-order valence-corrected chi connectivity index (χ1v) is 8.51. The molecule has 0 bridgehead atoms. The summed E-state index contributed by atoms with van der Waals surface area (Å²) in [6.45, 7) is 10.5. The summed E-state index contributed by atoms with van der Waals surface area (Å²) in [7, 11) is 0. The molecule has 1 fully saturated rings. The lowest BCUT2D eigenvalue weighted by Crippen LogP contribution is -2.46. The van der Waals surface area contributed by atoms with Crippen LogP contribution in [0.1, 0.15) is 37.4 Å². The standard InChI is InChI=1S/C15H26N4S.HI/c1-4-16-15(19-9-5-6-12(2)10-19)17-8-7-14-11-20-13(3)18-14;/h11-12H,4-10H2,1-3H3,(H,16,17);1H. The van der Waals surface area contributed by atoms with Crippen LogP contribution in [0.4, 0.5) is 0 Å². The van der Waals surface area contributed by atoms with Gasteiger partial charge in [-0.15, -0.1) is 35.3 Å². The maximum Gasteiger partial charge on any atom is 0.193 e. The Morgan fingerprint density at radius 3 is 3.00 bits per heavy atom. The van der Waals surface area contributed by atoms with Gasteiger partial charge in [-0.3, -0.25) is 4.99 Å². The fourth-order valence-corrected chi connectivity index (χ4v) is 3.25. The molecule has 1 atom stereocenters. The Bertz CT molecular complexity index is 447. The Labute approximate surface area is 149 Å². The predicted molar refractivity (Wildman–Crippen MR) is 102 cm³/mol. The minimum absolute atomic E-state index is 0. The van der Waals surface area contributed by atoms with Crippen molar-refractivity contribution in [2.45, 2.75) is 40.0 Å². The van der Waals surface area contributed by atoms with E-state index in [-0.39, 0.29) is 24.0 Å². The normalized spacial score (nSPS) is 19.3. The van der Waals surface area contributed by atoms with Crippen LogP contribution in [0.2, 0.25) is 0 Å². The van der Waals surface area contributed by atoms with Gasteiger partial charge in [-0.05, 0) is 32.6 Å². The number of rotatable bonds is 4. The van der Waals surface area contributed by atoms with Crippen LogP contribution >= 0.6 is 35.3 Å². The number of likely N-dealkylation sites (tertiary alicyclic amines) is 1. The SMILES string of the molecule is CCNC(=NCCc1csc(C)n1)N1CCCC(C)C1.I. The fraction of sp³-hybridized carbons (Fsp3) is 0.733. The molecule has 1 unspecified atom stereocenters. The molecule has 0 aromatic carbocycles. The third-order valence-electron chi connectivity index (χ3n) is 3.59. The minimum Gasteiger partial charge on any atom is -0.357 e. The van der Waals surface area contributed by atoms with E-state index in [1.54, 1.807) is 11.3 Å². The van der Waals surface area contributed by atoms with Gasteiger partial charge in [-0.25, -0.2) is 4.98 Å². The van der Waals surface area contributed by atoms with E-state index in [9.17, 15) is 0 Å². The van der Waals surface area contributed by atoms with Crippen molar-refractivity contribution >= 4 is 41.3 Å². The van der Waals surface area contributed by atoms with Gasteiger partial charge < -0.3 is 10.2 Å². The van der Waals surface area contributed by atoms with Crippen LogP contribution in [0.25, 0.3) is 0 Å². The second-order valence-corrected chi connectivity index (χ2v) is 6.60. The quantitative estimate of drug-likeness (QED) is 0.460. The van der Waals surface area contributed by atoms with E-state index in [1.165, 1.54) is 18.5 Å². The number of aryl methyl sites for hydroxylation is 1. The van der Waals surface area contributed by atoms with Crippen molar-refractivity contribution < 1.29 is 0 Å². The number of guanidine groups is 1. The monoisotopic (exact) mass is 422 g/mol. The summed E-state index contributed by atoms with van der Waals surface area (Å²) in [4.78, 5) is 11.7. The largest absolute Gasteiger partial charge is 0.357 e. The molecule has 1 aliphatic heterocycles. The van der Waals surface area contributed by atoms with Gasteiger partial charge in [0.2, 0.25) is 0 Å². The summed E-state index contributed by atoms with van der Waals surface area (Å²) in [6, 6.07) is 0. The van der Waals surface area contributed by atoms with E-state index < -0.39 is 0 Å². The Morgan fingerprint density at radius 2 is 2.38 bits per heavy atom. The average Bonchev–Trinajstić information content (AvgIpc) is 2.83. The summed E-state index contributed by atoms with van der Waals surface area (Å²) in [5.74, 6) is 1.85. The van der Waals surface area contributed by atoms with Crippen LogP contribution in [0.15, 0.2) is 10.4 Å². The lowest BCUT2D eigenvalue weighted by Gasteiger charge is -2.33. The van der Waals surface area contributed by atoms with Crippen LogP contribution < -0.4 is 5.32 Å². The number of hydrogen-bond acceptors (Lipinski definition) is 3. The average molecular weight is 422 g/mol. The van der Waals surface area contributed by atoms with Crippen LogP contribution in [0.3, 0.4) is 0 Å². The molecule has 0 radical (unpaired) electrons. The van der Waals surface area contributed by atoms with E-state index >= 15 is 0 Å². The van der Waals surface area contributed by atoms with Gasteiger partial charge in [-0.2, -0.15) is 0 Å². The second kappa shape index (κ2) is 9.61. The zero-order chi connectivity index (χ0) is 14.4. The van der Waals surface area contributed by atoms with Crippen molar-refractivity contribution in [1.29, 1.82) is 0 Å². The predicted octanol–water partition coefficient (Wildman–Crippen LogP) is 3.31. The van der Waals surface area contributed by atoms with E-state index in [0.29, 0.717) is 0 Å². The van der Waals surface area contributed by atoms with Gasteiger partial charge in [0.15, 0.2) is 5.96 Å². The van der Waals surface area contributed by atoms with Gasteiger partial charge in [0.25, 0.3) is 0 Å². The summed E-state index contributed by atoms with van der Waals surface area (Å²) < 4.78 is 0. The van der Waals surface area contributed by atoms with Gasteiger partial charge in [0.05, 0.1) is 10.7 Å². The second-order valence-electron chi connectivity index (χ2n) is 5.54. The Kier molecular flexibility index (Phi) is 8.55. The molecule has 1 aromatic rings. The third-order valence-corrected chi connectivity index (χ3v) is 4.41. The molecule has 1 N–H and O–H groups in total. The molecule has 21 heavy (non-hydrogen) atoms. The highest BCUT2D eigenvalue weighted by Crippen LogP contribution is 2.15. The molecule has 0 aliphatic carbocycles. The molecule has 6 heteroatoms. The summed E-state index contributed by atoms with van der Waals surface area (Å²) in [5.41, 5.74) is 1.17. The number of aliphatic imine (C=N–C) groups is 1. The van der Waals surface area contributed by atoms with E-state index in [4.69, 9.17) is 4.99 Å². The number of nitrogens with one attached hydrogen (secondary N) is 1. The van der Waals surface area contributed by atoms with E-state index in [2.05, 4.69) is 41.4 Å². The molecule has 2 heterocycles. The lowest BCUT2D eigenvalue weighted by atomic mass is 10.0. The van der Waals surface area contributed by atoms with E-state index in [0.717, 1.165) is 49.5 Å². The van der Waals surface area contributed by atoms with Gasteiger partial charge in [0, 0.05) is 38.0 Å². The molecule has 0 saturated carbocycles. The summed E-state index contributed by atoms with van der Waals surface area (Å²) >= 11 is 1.72. The molecule has 1 aliphatic rings. The highest BCUT2D eigenvalue weighted by molar-refractivity contribution is 14.0. The summed E-state index contributed by atoms with van der Waals surface area (Å²) in [5, 5.41) is 6.70. The molecular weight excluding hydrogens is 395 g/mol. The first kappa shape index (κ1) is 18.7. The first-order chi connectivity index (χ1) is 9.69. The number of halogens is 1. The number of thiazole rings is 1. The van der Waals surface area contributed by atoms with Crippen molar-refractivity contribution in [3.05, 3.63) is 16.1 Å². The zero-order valence-electron chi connectivity index (χ0n) is 13.3. The molecule has 1 saturated heterocycles. The van der Waals surface area contributed by atoms with Crippen molar-refractivity contribution in [1.82, 2.24) is 15.2 Å². The zero-order valence-corrected chi connectivity index (χ0v) is 16.4. The number of piperidine rings is 1.